The van der Waals surface area contributed by atoms with Gasteiger partial charge in [-0.25, -0.2) is 0 Å². The summed E-state index contributed by atoms with van der Waals surface area (Å²) in [6, 6.07) is 2.28. The van der Waals surface area contributed by atoms with Crippen molar-refractivity contribution < 1.29 is 14.9 Å². The van der Waals surface area contributed by atoms with Gasteiger partial charge in [-0.05, 0) is 11.6 Å². The molecule has 0 radical (unpaired) electrons. The number of hydrogen-bond donors (Lipinski definition) is 3. The van der Waals surface area contributed by atoms with Gasteiger partial charge in [0.1, 0.15) is 0 Å². The zero-order chi connectivity index (χ0) is 10.7. The maximum atomic E-state index is 9.36. The Hall–Kier alpha value is -0.970. The molecule has 1 atom stereocenters. The molecule has 1 unspecified atom stereocenters. The molecule has 78 valence electrons. The molecule has 0 aliphatic carbocycles. The maximum absolute atomic E-state index is 9.36. The highest BCUT2D eigenvalue weighted by Crippen LogP contribution is 2.34. The molecule has 0 saturated heterocycles. The van der Waals surface area contributed by atoms with E-state index in [1.54, 1.807) is 0 Å². The minimum atomic E-state index is -0.572. The summed E-state index contributed by atoms with van der Waals surface area (Å²) in [5, 5.41) is 18.5. The van der Waals surface area contributed by atoms with Gasteiger partial charge in [-0.15, -0.1) is 0 Å². The van der Waals surface area contributed by atoms with Crippen LogP contribution in [0.1, 0.15) is 11.6 Å². The van der Waals surface area contributed by atoms with Gasteiger partial charge in [-0.3, -0.25) is 0 Å². The minimum Gasteiger partial charge on any atom is -0.504 e. The fourth-order valence-corrected chi connectivity index (χ4v) is 1.40. The third-order valence-corrected chi connectivity index (χ3v) is 2.22. The fraction of sp³-hybridized carbons (Fsp3) is 0.333. The van der Waals surface area contributed by atoms with Crippen LogP contribution in [0, 0.1) is 0 Å². The number of halogens is 1. The number of aromatic hydroxyl groups is 1. The van der Waals surface area contributed by atoms with Gasteiger partial charge in [-0.1, -0.05) is 11.6 Å². The predicted octanol–water partition coefficient (Wildman–Crippen LogP) is 1.05. The summed E-state index contributed by atoms with van der Waals surface area (Å²) in [7, 11) is 1.43. The summed E-state index contributed by atoms with van der Waals surface area (Å²) in [6.45, 7) is -0.215. The van der Waals surface area contributed by atoms with E-state index in [-0.39, 0.29) is 18.1 Å². The quantitative estimate of drug-likeness (QED) is 0.707. The molecule has 0 spiro atoms. The summed E-state index contributed by atoms with van der Waals surface area (Å²) in [4.78, 5) is 0. The zero-order valence-corrected chi connectivity index (χ0v) is 8.45. The van der Waals surface area contributed by atoms with Gasteiger partial charge in [0, 0.05) is 11.1 Å². The second-order valence-electron chi connectivity index (χ2n) is 2.83. The Kier molecular flexibility index (Phi) is 3.57. The highest BCUT2D eigenvalue weighted by atomic mass is 35.5. The number of rotatable bonds is 3. The summed E-state index contributed by atoms with van der Waals surface area (Å²) in [5.74, 6) is 0.236. The van der Waals surface area contributed by atoms with Crippen LogP contribution in [0.4, 0.5) is 0 Å². The summed E-state index contributed by atoms with van der Waals surface area (Å²) in [6.07, 6.45) is 0. The number of phenols is 1. The number of methoxy groups -OCH3 is 1. The number of ether oxygens (including phenoxy) is 1. The largest absolute Gasteiger partial charge is 0.504 e. The second kappa shape index (κ2) is 4.50. The van der Waals surface area contributed by atoms with Gasteiger partial charge in [0.15, 0.2) is 11.5 Å². The highest BCUT2D eigenvalue weighted by molar-refractivity contribution is 6.31. The van der Waals surface area contributed by atoms with Crippen molar-refractivity contribution in [3.05, 3.63) is 22.7 Å². The highest BCUT2D eigenvalue weighted by Gasteiger charge is 2.13. The molecule has 4 nitrogen and oxygen atoms in total. The van der Waals surface area contributed by atoms with E-state index >= 15 is 0 Å². The molecular formula is C9H12ClNO3. The monoisotopic (exact) mass is 217 g/mol. The lowest BCUT2D eigenvalue weighted by Gasteiger charge is -2.13. The third-order valence-electron chi connectivity index (χ3n) is 1.89. The van der Waals surface area contributed by atoms with E-state index in [0.717, 1.165) is 0 Å². The predicted molar refractivity (Wildman–Crippen MR) is 53.7 cm³/mol. The van der Waals surface area contributed by atoms with Crippen LogP contribution in [0.25, 0.3) is 0 Å². The number of hydrogen-bond acceptors (Lipinski definition) is 4. The molecule has 1 aromatic rings. The van der Waals surface area contributed by atoms with Crippen molar-refractivity contribution in [3.8, 4) is 11.5 Å². The van der Waals surface area contributed by atoms with Gasteiger partial charge in [-0.2, -0.15) is 0 Å². The lowest BCUT2D eigenvalue weighted by Crippen LogP contribution is -2.15. The standard InChI is InChI=1S/C9H12ClNO3/c1-14-9-2-5(7(11)4-12)6(10)3-8(9)13/h2-3,7,12-13H,4,11H2,1H3. The van der Waals surface area contributed by atoms with Gasteiger partial charge in [0.25, 0.3) is 0 Å². The minimum absolute atomic E-state index is 0.0496. The molecule has 0 saturated carbocycles. The Morgan fingerprint density at radius 2 is 2.21 bits per heavy atom. The van der Waals surface area contributed by atoms with Crippen molar-refractivity contribution in [2.45, 2.75) is 6.04 Å². The van der Waals surface area contributed by atoms with E-state index in [9.17, 15) is 5.11 Å². The van der Waals surface area contributed by atoms with E-state index in [4.69, 9.17) is 27.2 Å². The SMILES string of the molecule is COc1cc(C(N)CO)c(Cl)cc1O. The first-order valence-corrected chi connectivity index (χ1v) is 4.40. The van der Waals surface area contributed by atoms with Crippen molar-refractivity contribution in [1.29, 1.82) is 0 Å². The summed E-state index contributed by atoms with van der Waals surface area (Å²) >= 11 is 5.83. The van der Waals surface area contributed by atoms with Crippen LogP contribution in [0.15, 0.2) is 12.1 Å². The van der Waals surface area contributed by atoms with Gasteiger partial charge in [0.05, 0.1) is 19.8 Å². The topological polar surface area (TPSA) is 75.7 Å². The first-order valence-electron chi connectivity index (χ1n) is 4.03. The molecule has 5 heteroatoms. The summed E-state index contributed by atoms with van der Waals surface area (Å²) < 4.78 is 4.89. The number of phenolic OH excluding ortho intramolecular Hbond substituents is 1. The van der Waals surface area contributed by atoms with Crippen LogP contribution in [0.2, 0.25) is 5.02 Å². The van der Waals surface area contributed by atoms with Gasteiger partial charge in [0.2, 0.25) is 0 Å². The van der Waals surface area contributed by atoms with Crippen LogP contribution in [-0.2, 0) is 0 Å². The molecule has 0 amide bonds. The van der Waals surface area contributed by atoms with Crippen molar-refractivity contribution in [2.75, 3.05) is 13.7 Å². The first-order chi connectivity index (χ1) is 6.60. The Morgan fingerprint density at radius 3 is 2.71 bits per heavy atom. The van der Waals surface area contributed by atoms with Crippen LogP contribution in [0.3, 0.4) is 0 Å². The molecular weight excluding hydrogens is 206 g/mol. The lowest BCUT2D eigenvalue weighted by molar-refractivity contribution is 0.267. The molecule has 0 bridgehead atoms. The Morgan fingerprint density at radius 1 is 1.57 bits per heavy atom. The van der Waals surface area contributed by atoms with Crippen LogP contribution >= 0.6 is 11.6 Å². The Labute approximate surface area is 86.9 Å². The Bertz CT molecular complexity index is 330. The van der Waals surface area contributed by atoms with E-state index < -0.39 is 6.04 Å². The van der Waals surface area contributed by atoms with Crippen LogP contribution in [0.5, 0.6) is 11.5 Å². The van der Waals surface area contributed by atoms with Crippen LogP contribution < -0.4 is 10.5 Å². The normalized spacial score (nSPS) is 12.6. The van der Waals surface area contributed by atoms with Crippen LogP contribution in [-0.4, -0.2) is 23.9 Å². The number of aliphatic hydroxyl groups is 1. The van der Waals surface area contributed by atoms with E-state index in [0.29, 0.717) is 10.6 Å². The molecule has 0 heterocycles. The lowest BCUT2D eigenvalue weighted by atomic mass is 10.1. The Balaban J connectivity index is 3.17. The zero-order valence-electron chi connectivity index (χ0n) is 7.70. The molecule has 0 aliphatic heterocycles. The van der Waals surface area contributed by atoms with E-state index in [1.807, 2.05) is 0 Å². The first kappa shape index (κ1) is 11.1. The molecule has 0 fully saturated rings. The van der Waals surface area contributed by atoms with E-state index in [1.165, 1.54) is 19.2 Å². The van der Waals surface area contributed by atoms with Crippen molar-refractivity contribution in [2.24, 2.45) is 5.73 Å². The molecule has 14 heavy (non-hydrogen) atoms. The van der Waals surface area contributed by atoms with Gasteiger partial charge < -0.3 is 20.7 Å². The maximum Gasteiger partial charge on any atom is 0.160 e. The second-order valence-corrected chi connectivity index (χ2v) is 3.24. The van der Waals surface area contributed by atoms with E-state index in [2.05, 4.69) is 0 Å². The average molecular weight is 218 g/mol. The summed E-state index contributed by atoms with van der Waals surface area (Å²) in [5.41, 5.74) is 6.14. The smallest absolute Gasteiger partial charge is 0.160 e. The molecule has 1 aromatic carbocycles. The van der Waals surface area contributed by atoms with Crippen molar-refractivity contribution in [1.82, 2.24) is 0 Å². The molecule has 0 aliphatic rings. The molecule has 0 aromatic heterocycles. The third kappa shape index (κ3) is 2.09. The average Bonchev–Trinajstić information content (AvgIpc) is 2.17. The number of benzene rings is 1. The van der Waals surface area contributed by atoms with Crippen molar-refractivity contribution in [3.63, 3.8) is 0 Å². The fourth-order valence-electron chi connectivity index (χ4n) is 1.10. The number of nitrogens with two attached hydrogens (primary N) is 1. The number of aliphatic hydroxyl groups excluding tert-OH is 1. The molecule has 4 N–H and O–H groups in total. The van der Waals surface area contributed by atoms with Crippen molar-refractivity contribution >= 4 is 11.6 Å². The van der Waals surface area contributed by atoms with Gasteiger partial charge >= 0.3 is 0 Å². The molecule has 1 rings (SSSR count).